The van der Waals surface area contributed by atoms with Gasteiger partial charge in [-0.15, -0.1) is 0 Å². The molecule has 0 atom stereocenters. The van der Waals surface area contributed by atoms with Crippen LogP contribution < -0.4 is 5.76 Å². The van der Waals surface area contributed by atoms with E-state index in [0.29, 0.717) is 68.8 Å². The molecule has 2 heterocycles. The molecule has 1 amide bonds. The molecule has 0 saturated carbocycles. The van der Waals surface area contributed by atoms with Crippen molar-refractivity contribution in [2.45, 2.75) is 12.8 Å². The number of ketones is 1. The quantitative estimate of drug-likeness (QED) is 0.587. The highest BCUT2D eigenvalue weighted by Crippen LogP contribution is 2.14. The van der Waals surface area contributed by atoms with Gasteiger partial charge < -0.3 is 14.1 Å². The van der Waals surface area contributed by atoms with Gasteiger partial charge in [0.1, 0.15) is 0 Å². The molecule has 1 aliphatic rings. The molecule has 1 fully saturated rings. The molecule has 1 aliphatic heterocycles. The summed E-state index contributed by atoms with van der Waals surface area (Å²) < 4.78 is 10.4. The van der Waals surface area contributed by atoms with Gasteiger partial charge in [0.2, 0.25) is 0 Å². The van der Waals surface area contributed by atoms with Crippen molar-refractivity contribution in [3.8, 4) is 0 Å². The number of hydrogen-bond donors (Lipinski definition) is 1. The highest BCUT2D eigenvalue weighted by atomic mass is 16.6. The summed E-state index contributed by atoms with van der Waals surface area (Å²) in [5.74, 6) is -0.537. The van der Waals surface area contributed by atoms with Gasteiger partial charge in [-0.3, -0.25) is 14.7 Å². The third-order valence-electron chi connectivity index (χ3n) is 5.49. The molecule has 0 spiro atoms. The zero-order chi connectivity index (χ0) is 21.6. The van der Waals surface area contributed by atoms with Crippen LogP contribution >= 0.6 is 0 Å². The van der Waals surface area contributed by atoms with Gasteiger partial charge in [-0.25, -0.2) is 9.59 Å². The molecule has 0 unspecified atom stereocenters. The number of aromatic nitrogens is 1. The summed E-state index contributed by atoms with van der Waals surface area (Å²) in [4.78, 5) is 42.4. The number of fused-ring (bicyclic) bond motifs is 1. The summed E-state index contributed by atoms with van der Waals surface area (Å²) in [6.07, 6.45) is 0.779. The van der Waals surface area contributed by atoms with E-state index in [2.05, 4.69) is 9.88 Å². The maximum atomic E-state index is 12.5. The maximum absolute atomic E-state index is 12.5. The van der Waals surface area contributed by atoms with E-state index in [1.54, 1.807) is 23.1 Å². The Labute approximate surface area is 179 Å². The highest BCUT2D eigenvalue weighted by molar-refractivity contribution is 5.98. The van der Waals surface area contributed by atoms with Crippen LogP contribution in [0.4, 0.5) is 4.79 Å². The maximum Gasteiger partial charge on any atom is 0.417 e. The minimum atomic E-state index is -0.531. The lowest BCUT2D eigenvalue weighted by Gasteiger charge is -2.33. The number of piperazine rings is 1. The zero-order valence-corrected chi connectivity index (χ0v) is 17.2. The number of H-pyrrole nitrogens is 1. The van der Waals surface area contributed by atoms with Gasteiger partial charge in [-0.2, -0.15) is 0 Å². The van der Waals surface area contributed by atoms with E-state index >= 15 is 0 Å². The second-order valence-corrected chi connectivity index (χ2v) is 7.58. The van der Waals surface area contributed by atoms with Crippen LogP contribution in [0.25, 0.3) is 11.1 Å². The molecule has 162 valence electrons. The van der Waals surface area contributed by atoms with E-state index in [-0.39, 0.29) is 11.9 Å². The first-order valence-corrected chi connectivity index (χ1v) is 10.4. The van der Waals surface area contributed by atoms with Gasteiger partial charge in [0.05, 0.1) is 12.1 Å². The molecular formula is C23H25N3O5. The summed E-state index contributed by atoms with van der Waals surface area (Å²) in [5, 5.41) is 0. The smallest absolute Gasteiger partial charge is 0.417 e. The molecule has 2 aromatic carbocycles. The number of ether oxygens (including phenoxy) is 1. The third kappa shape index (κ3) is 5.40. The van der Waals surface area contributed by atoms with Gasteiger partial charge in [0.25, 0.3) is 0 Å². The van der Waals surface area contributed by atoms with E-state index in [1.165, 1.54) is 0 Å². The summed E-state index contributed by atoms with van der Waals surface area (Å²) in [7, 11) is 0. The average Bonchev–Trinajstić information content (AvgIpc) is 3.17. The molecule has 4 rings (SSSR count). The molecule has 1 aromatic heterocycles. The summed E-state index contributed by atoms with van der Waals surface area (Å²) >= 11 is 0. The van der Waals surface area contributed by atoms with Crippen molar-refractivity contribution in [1.82, 2.24) is 14.8 Å². The number of Topliss-reactive ketones (excluding diaryl/α,β-unsaturated/α-hetero) is 1. The Morgan fingerprint density at radius 2 is 1.81 bits per heavy atom. The van der Waals surface area contributed by atoms with Crippen LogP contribution in [0.1, 0.15) is 22.3 Å². The number of amides is 1. The van der Waals surface area contributed by atoms with Gasteiger partial charge in [0, 0.05) is 51.1 Å². The Hall–Kier alpha value is -3.39. The van der Waals surface area contributed by atoms with Crippen molar-refractivity contribution in [3.05, 3.63) is 70.2 Å². The largest absolute Gasteiger partial charge is 0.449 e. The number of aromatic amines is 1. The molecule has 0 aliphatic carbocycles. The lowest BCUT2D eigenvalue weighted by Crippen LogP contribution is -2.49. The van der Waals surface area contributed by atoms with Crippen molar-refractivity contribution in [3.63, 3.8) is 0 Å². The molecule has 1 N–H and O–H groups in total. The number of nitrogens with one attached hydrogen (secondary N) is 1. The van der Waals surface area contributed by atoms with E-state index in [9.17, 15) is 14.4 Å². The van der Waals surface area contributed by atoms with Crippen LogP contribution in [0.5, 0.6) is 0 Å². The summed E-state index contributed by atoms with van der Waals surface area (Å²) in [6, 6.07) is 14.9. The van der Waals surface area contributed by atoms with Gasteiger partial charge in [-0.05, 0) is 23.8 Å². The number of benzene rings is 2. The predicted molar refractivity (Wildman–Crippen MR) is 115 cm³/mol. The Balaban J connectivity index is 1.18. The third-order valence-corrected chi connectivity index (χ3v) is 5.49. The lowest BCUT2D eigenvalue weighted by molar-refractivity contribution is 0.0742. The van der Waals surface area contributed by atoms with E-state index in [4.69, 9.17) is 9.15 Å². The van der Waals surface area contributed by atoms with Crippen LogP contribution in [0, 0.1) is 0 Å². The number of nitrogens with zero attached hydrogens (tertiary/aromatic N) is 2. The van der Waals surface area contributed by atoms with Crippen molar-refractivity contribution >= 4 is 23.0 Å². The molecule has 8 heteroatoms. The van der Waals surface area contributed by atoms with Crippen molar-refractivity contribution in [2.24, 2.45) is 0 Å². The van der Waals surface area contributed by atoms with Crippen molar-refractivity contribution in [2.75, 3.05) is 39.3 Å². The SMILES string of the molecule is O=C(CCN1CCN(C(=O)OCCc2ccccc2)CC1)c1ccc2[nH]c(=O)oc2c1. The normalized spacial score (nSPS) is 14.6. The number of hydrogen-bond acceptors (Lipinski definition) is 6. The minimum Gasteiger partial charge on any atom is -0.449 e. The number of carbonyl (C=O) groups excluding carboxylic acids is 2. The van der Waals surface area contributed by atoms with Crippen molar-refractivity contribution < 1.29 is 18.7 Å². The summed E-state index contributed by atoms with van der Waals surface area (Å²) in [5.41, 5.74) is 2.63. The fourth-order valence-corrected chi connectivity index (χ4v) is 3.67. The van der Waals surface area contributed by atoms with Gasteiger partial charge >= 0.3 is 11.8 Å². The fraction of sp³-hybridized carbons (Fsp3) is 0.348. The van der Waals surface area contributed by atoms with E-state index in [0.717, 1.165) is 5.56 Å². The fourth-order valence-electron chi connectivity index (χ4n) is 3.67. The monoisotopic (exact) mass is 423 g/mol. The Morgan fingerprint density at radius 3 is 2.58 bits per heavy atom. The number of oxazole rings is 1. The van der Waals surface area contributed by atoms with Crippen LogP contribution in [-0.4, -0.2) is 66.0 Å². The minimum absolute atomic E-state index is 0.00602. The van der Waals surface area contributed by atoms with Crippen LogP contribution in [0.15, 0.2) is 57.7 Å². The van der Waals surface area contributed by atoms with Crippen LogP contribution in [0.2, 0.25) is 0 Å². The number of carbonyl (C=O) groups is 2. The van der Waals surface area contributed by atoms with Crippen molar-refractivity contribution in [1.29, 1.82) is 0 Å². The topological polar surface area (TPSA) is 95.9 Å². The van der Waals surface area contributed by atoms with Gasteiger partial charge in [-0.1, -0.05) is 30.3 Å². The molecule has 8 nitrogen and oxygen atoms in total. The molecule has 0 radical (unpaired) electrons. The lowest BCUT2D eigenvalue weighted by atomic mass is 10.1. The first-order valence-electron chi connectivity index (χ1n) is 10.4. The summed E-state index contributed by atoms with van der Waals surface area (Å²) in [6.45, 7) is 3.55. The molecule has 31 heavy (non-hydrogen) atoms. The molecule has 0 bridgehead atoms. The van der Waals surface area contributed by atoms with E-state index in [1.807, 2.05) is 30.3 Å². The zero-order valence-electron chi connectivity index (χ0n) is 17.2. The Morgan fingerprint density at radius 1 is 1.03 bits per heavy atom. The van der Waals surface area contributed by atoms with E-state index < -0.39 is 5.76 Å². The second-order valence-electron chi connectivity index (χ2n) is 7.58. The standard InChI is InChI=1S/C23H25N3O5/c27-20(18-6-7-19-21(16-18)31-22(28)24-19)8-10-25-11-13-26(14-12-25)23(29)30-15-9-17-4-2-1-3-5-17/h1-7,16H,8-15H2,(H,24,28). The first-order chi connectivity index (χ1) is 15.1. The Bertz CT molecular complexity index is 1100. The predicted octanol–water partition coefficient (Wildman–Crippen LogP) is 2.69. The molecular weight excluding hydrogens is 398 g/mol. The Kier molecular flexibility index (Phi) is 6.47. The second kappa shape index (κ2) is 9.61. The van der Waals surface area contributed by atoms with Crippen LogP contribution in [0.3, 0.4) is 0 Å². The number of rotatable bonds is 7. The first kappa shape index (κ1) is 20.9. The average molecular weight is 423 g/mol. The highest BCUT2D eigenvalue weighted by Gasteiger charge is 2.22. The molecule has 1 saturated heterocycles. The molecule has 3 aromatic rings. The van der Waals surface area contributed by atoms with Crippen LogP contribution in [-0.2, 0) is 11.2 Å². The van der Waals surface area contributed by atoms with Gasteiger partial charge in [0.15, 0.2) is 11.4 Å².